The van der Waals surface area contributed by atoms with Crippen molar-refractivity contribution in [1.82, 2.24) is 0 Å². The fourth-order valence-corrected chi connectivity index (χ4v) is 1.83. The van der Waals surface area contributed by atoms with E-state index in [-0.39, 0.29) is 0 Å². The van der Waals surface area contributed by atoms with Crippen molar-refractivity contribution in [3.63, 3.8) is 0 Å². The molecule has 0 saturated carbocycles. The van der Waals surface area contributed by atoms with E-state index in [1.165, 1.54) is 6.42 Å². The second kappa shape index (κ2) is 7.95. The minimum Gasteiger partial charge on any atom is -0.481 e. The van der Waals surface area contributed by atoms with E-state index in [0.717, 1.165) is 30.1 Å². The van der Waals surface area contributed by atoms with Gasteiger partial charge in [-0.15, -0.1) is 0 Å². The van der Waals surface area contributed by atoms with E-state index < -0.39 is 11.9 Å². The van der Waals surface area contributed by atoms with Crippen LogP contribution in [-0.2, 0) is 16.1 Å². The maximum Gasteiger partial charge on any atom is 0.310 e. The molecular formula is C16H24O3. The van der Waals surface area contributed by atoms with Crippen molar-refractivity contribution in [2.45, 2.75) is 46.1 Å². The topological polar surface area (TPSA) is 46.5 Å². The van der Waals surface area contributed by atoms with E-state index in [2.05, 4.69) is 13.8 Å². The standard InChI is InChI=1S/C16H24O3/c1-12(2)5-4-10-19-11-14-6-8-15(9-7-14)13(3)16(17)18/h6-9,12-13H,4-5,10-11H2,1-3H3,(H,17,18). The minimum atomic E-state index is -0.794. The van der Waals surface area contributed by atoms with E-state index in [9.17, 15) is 4.79 Å². The lowest BCUT2D eigenvalue weighted by Crippen LogP contribution is -2.07. The maximum absolute atomic E-state index is 10.9. The zero-order chi connectivity index (χ0) is 14.3. The van der Waals surface area contributed by atoms with Gasteiger partial charge in [0.15, 0.2) is 0 Å². The highest BCUT2D eigenvalue weighted by Crippen LogP contribution is 2.16. The molecule has 0 aliphatic rings. The summed E-state index contributed by atoms with van der Waals surface area (Å²) in [4.78, 5) is 10.9. The third kappa shape index (κ3) is 5.88. The molecule has 0 amide bonds. The van der Waals surface area contributed by atoms with Crippen LogP contribution in [0.5, 0.6) is 0 Å². The molecule has 0 aromatic heterocycles. The highest BCUT2D eigenvalue weighted by Gasteiger charge is 2.12. The zero-order valence-corrected chi connectivity index (χ0v) is 12.1. The first-order valence-electron chi connectivity index (χ1n) is 6.90. The molecule has 0 spiro atoms. The van der Waals surface area contributed by atoms with Gasteiger partial charge in [-0.25, -0.2) is 0 Å². The predicted octanol–water partition coefficient (Wildman–Crippen LogP) is 3.83. The molecule has 1 atom stereocenters. The molecule has 0 aliphatic carbocycles. The largest absolute Gasteiger partial charge is 0.481 e. The number of carbonyl (C=O) groups is 1. The van der Waals surface area contributed by atoms with Gasteiger partial charge in [-0.2, -0.15) is 0 Å². The lowest BCUT2D eigenvalue weighted by molar-refractivity contribution is -0.138. The van der Waals surface area contributed by atoms with Crippen molar-refractivity contribution >= 4 is 5.97 Å². The number of ether oxygens (including phenoxy) is 1. The summed E-state index contributed by atoms with van der Waals surface area (Å²) >= 11 is 0. The molecule has 0 fully saturated rings. The summed E-state index contributed by atoms with van der Waals surface area (Å²) in [6, 6.07) is 7.62. The van der Waals surface area contributed by atoms with E-state index in [1.54, 1.807) is 6.92 Å². The molecule has 0 saturated heterocycles. The normalized spacial score (nSPS) is 12.6. The molecule has 0 heterocycles. The van der Waals surface area contributed by atoms with Gasteiger partial charge in [-0.3, -0.25) is 4.79 Å². The fourth-order valence-electron chi connectivity index (χ4n) is 1.83. The third-order valence-electron chi connectivity index (χ3n) is 3.19. The number of carboxylic acids is 1. The van der Waals surface area contributed by atoms with Crippen LogP contribution in [0.2, 0.25) is 0 Å². The summed E-state index contributed by atoms with van der Waals surface area (Å²) in [6.45, 7) is 7.50. The van der Waals surface area contributed by atoms with Gasteiger partial charge < -0.3 is 9.84 Å². The average Bonchev–Trinajstić information content (AvgIpc) is 2.37. The Morgan fingerprint density at radius 1 is 1.21 bits per heavy atom. The Hall–Kier alpha value is -1.35. The van der Waals surface area contributed by atoms with Crippen molar-refractivity contribution in [3.8, 4) is 0 Å². The van der Waals surface area contributed by atoms with Gasteiger partial charge in [-0.05, 0) is 36.8 Å². The molecule has 1 unspecified atom stereocenters. The van der Waals surface area contributed by atoms with E-state index in [1.807, 2.05) is 24.3 Å². The molecule has 3 heteroatoms. The minimum absolute atomic E-state index is 0.457. The Balaban J connectivity index is 2.34. The van der Waals surface area contributed by atoms with Crippen LogP contribution < -0.4 is 0 Å². The van der Waals surface area contributed by atoms with Crippen molar-refractivity contribution in [3.05, 3.63) is 35.4 Å². The summed E-state index contributed by atoms with van der Waals surface area (Å²) in [7, 11) is 0. The second-order valence-corrected chi connectivity index (χ2v) is 5.39. The highest BCUT2D eigenvalue weighted by atomic mass is 16.5. The van der Waals surface area contributed by atoms with Gasteiger partial charge in [0, 0.05) is 6.61 Å². The molecule has 1 aromatic carbocycles. The predicted molar refractivity (Wildman–Crippen MR) is 76.2 cm³/mol. The molecule has 106 valence electrons. The number of benzene rings is 1. The van der Waals surface area contributed by atoms with Gasteiger partial charge in [-0.1, -0.05) is 38.1 Å². The molecule has 1 aromatic rings. The van der Waals surface area contributed by atoms with Crippen LogP contribution in [-0.4, -0.2) is 17.7 Å². The number of aliphatic carboxylic acids is 1. The van der Waals surface area contributed by atoms with E-state index >= 15 is 0 Å². The molecule has 0 aliphatic heterocycles. The van der Waals surface area contributed by atoms with Crippen molar-refractivity contribution in [1.29, 1.82) is 0 Å². The molecule has 1 N–H and O–H groups in total. The van der Waals surface area contributed by atoms with Crippen molar-refractivity contribution in [2.24, 2.45) is 5.92 Å². The summed E-state index contributed by atoms with van der Waals surface area (Å²) in [6.07, 6.45) is 2.28. The van der Waals surface area contributed by atoms with Crippen LogP contribution in [0.1, 0.15) is 50.7 Å². The van der Waals surface area contributed by atoms with Crippen LogP contribution >= 0.6 is 0 Å². The lowest BCUT2D eigenvalue weighted by Gasteiger charge is -2.09. The molecule has 0 bridgehead atoms. The highest BCUT2D eigenvalue weighted by molar-refractivity contribution is 5.75. The monoisotopic (exact) mass is 264 g/mol. The SMILES string of the molecule is CC(C)CCCOCc1ccc(C(C)C(=O)O)cc1. The third-order valence-corrected chi connectivity index (χ3v) is 3.19. The number of hydrogen-bond acceptors (Lipinski definition) is 2. The first-order valence-corrected chi connectivity index (χ1v) is 6.90. The maximum atomic E-state index is 10.9. The Morgan fingerprint density at radius 3 is 2.37 bits per heavy atom. The van der Waals surface area contributed by atoms with Crippen LogP contribution in [0.4, 0.5) is 0 Å². The lowest BCUT2D eigenvalue weighted by atomic mass is 10.0. The molecule has 0 radical (unpaired) electrons. The quantitative estimate of drug-likeness (QED) is 0.726. The molecule has 1 rings (SSSR count). The summed E-state index contributed by atoms with van der Waals surface area (Å²) in [5.74, 6) is -0.529. The summed E-state index contributed by atoms with van der Waals surface area (Å²) in [5.41, 5.74) is 1.92. The van der Waals surface area contributed by atoms with Gasteiger partial charge in [0.05, 0.1) is 12.5 Å². The first kappa shape index (κ1) is 15.7. The number of hydrogen-bond donors (Lipinski definition) is 1. The Kier molecular flexibility index (Phi) is 6.57. The Morgan fingerprint density at radius 2 is 1.84 bits per heavy atom. The van der Waals surface area contributed by atoms with Crippen LogP contribution in [0.25, 0.3) is 0 Å². The van der Waals surface area contributed by atoms with Crippen molar-refractivity contribution < 1.29 is 14.6 Å². The van der Waals surface area contributed by atoms with Crippen LogP contribution in [0.15, 0.2) is 24.3 Å². The smallest absolute Gasteiger partial charge is 0.310 e. The fraction of sp³-hybridized carbons (Fsp3) is 0.562. The van der Waals surface area contributed by atoms with Gasteiger partial charge in [0.25, 0.3) is 0 Å². The van der Waals surface area contributed by atoms with E-state index in [0.29, 0.717) is 6.61 Å². The Bertz CT molecular complexity index is 381. The molecular weight excluding hydrogens is 240 g/mol. The van der Waals surface area contributed by atoms with Gasteiger partial charge in [0.2, 0.25) is 0 Å². The second-order valence-electron chi connectivity index (χ2n) is 5.39. The van der Waals surface area contributed by atoms with Gasteiger partial charge >= 0.3 is 5.97 Å². The van der Waals surface area contributed by atoms with Crippen LogP contribution in [0.3, 0.4) is 0 Å². The molecule has 3 nitrogen and oxygen atoms in total. The Labute approximate surface area is 115 Å². The summed E-state index contributed by atoms with van der Waals surface area (Å²) in [5, 5.41) is 8.93. The van der Waals surface area contributed by atoms with Crippen LogP contribution in [0, 0.1) is 5.92 Å². The zero-order valence-electron chi connectivity index (χ0n) is 12.1. The summed E-state index contributed by atoms with van der Waals surface area (Å²) < 4.78 is 5.60. The van der Waals surface area contributed by atoms with Crippen molar-refractivity contribution in [2.75, 3.05) is 6.61 Å². The number of carboxylic acid groups (broad SMARTS) is 1. The van der Waals surface area contributed by atoms with Gasteiger partial charge in [0.1, 0.15) is 0 Å². The first-order chi connectivity index (χ1) is 9.00. The number of rotatable bonds is 8. The molecule has 19 heavy (non-hydrogen) atoms. The van der Waals surface area contributed by atoms with E-state index in [4.69, 9.17) is 9.84 Å². The average molecular weight is 264 g/mol.